The van der Waals surface area contributed by atoms with Crippen molar-refractivity contribution < 1.29 is 14.3 Å². The van der Waals surface area contributed by atoms with Crippen LogP contribution >= 0.6 is 0 Å². The number of nitrogens with zero attached hydrogens (tertiary/aromatic N) is 1. The Labute approximate surface area is 155 Å². The number of piperidine rings is 1. The first-order valence-electron chi connectivity index (χ1n) is 9.63. The van der Waals surface area contributed by atoms with Gasteiger partial charge in [0.2, 0.25) is 5.91 Å². The monoisotopic (exact) mass is 367 g/mol. The highest BCUT2D eigenvalue weighted by Crippen LogP contribution is 2.40. The van der Waals surface area contributed by atoms with E-state index in [1.807, 2.05) is 0 Å². The maximum Gasteiger partial charge on any atom is 0.323 e. The van der Waals surface area contributed by atoms with E-state index in [9.17, 15) is 9.59 Å². The summed E-state index contributed by atoms with van der Waals surface area (Å²) < 4.78 is 5.48. The van der Waals surface area contributed by atoms with Crippen LogP contribution in [0.15, 0.2) is 5.10 Å². The third-order valence-electron chi connectivity index (χ3n) is 5.79. The minimum absolute atomic E-state index is 0.220. The molecule has 2 aliphatic rings. The average Bonchev–Trinajstić information content (AvgIpc) is 2.63. The highest BCUT2D eigenvalue weighted by Gasteiger charge is 2.38. The van der Waals surface area contributed by atoms with Gasteiger partial charge in [0.1, 0.15) is 11.9 Å². The largest absolute Gasteiger partial charge is 0.461 e. The molecular formula is C18H33N5O3. The second-order valence-corrected chi connectivity index (χ2v) is 7.81. The van der Waals surface area contributed by atoms with Gasteiger partial charge in [-0.25, -0.2) is 0 Å². The van der Waals surface area contributed by atoms with Crippen LogP contribution in [0.1, 0.15) is 58.3 Å². The van der Waals surface area contributed by atoms with E-state index in [1.165, 1.54) is 12.8 Å². The minimum Gasteiger partial charge on any atom is -0.461 e. The van der Waals surface area contributed by atoms with Crippen LogP contribution in [-0.4, -0.2) is 36.4 Å². The van der Waals surface area contributed by atoms with E-state index >= 15 is 0 Å². The lowest BCUT2D eigenvalue weighted by atomic mass is 9.69. The number of hydrogen-bond donors (Lipinski definition) is 4. The van der Waals surface area contributed by atoms with Gasteiger partial charge in [-0.05, 0) is 63.3 Å². The molecule has 8 nitrogen and oxygen atoms in total. The Balaban J connectivity index is 1.79. The van der Waals surface area contributed by atoms with Gasteiger partial charge in [0.15, 0.2) is 0 Å². The van der Waals surface area contributed by atoms with Gasteiger partial charge in [0.25, 0.3) is 0 Å². The lowest BCUT2D eigenvalue weighted by Crippen LogP contribution is -2.50. The maximum absolute atomic E-state index is 12.4. The van der Waals surface area contributed by atoms with Gasteiger partial charge in [0.05, 0.1) is 6.10 Å². The van der Waals surface area contributed by atoms with Crippen molar-refractivity contribution in [2.75, 3.05) is 6.54 Å². The number of nitrogens with two attached hydrogens (primary N) is 3. The topological polar surface area (TPSA) is 146 Å². The SMILES string of the molecule is CC(CCC(N)=O)OC(=O)C1CC2CC(CC/C(N)=N/N)CCC2CN1. The van der Waals surface area contributed by atoms with Crippen molar-refractivity contribution in [1.29, 1.82) is 0 Å². The molecule has 1 aliphatic carbocycles. The number of hydrogen-bond acceptors (Lipinski definition) is 6. The molecule has 1 saturated heterocycles. The molecule has 8 heteroatoms. The zero-order chi connectivity index (χ0) is 19.1. The molecule has 26 heavy (non-hydrogen) atoms. The number of esters is 1. The van der Waals surface area contributed by atoms with E-state index in [-0.39, 0.29) is 30.4 Å². The first-order valence-corrected chi connectivity index (χ1v) is 9.63. The summed E-state index contributed by atoms with van der Waals surface area (Å²) in [5.41, 5.74) is 10.8. The molecule has 5 atom stereocenters. The van der Waals surface area contributed by atoms with E-state index in [4.69, 9.17) is 22.0 Å². The molecule has 1 saturated carbocycles. The normalized spacial score (nSPS) is 30.3. The van der Waals surface area contributed by atoms with Crippen molar-refractivity contribution in [3.8, 4) is 0 Å². The van der Waals surface area contributed by atoms with Crippen molar-refractivity contribution in [3.63, 3.8) is 0 Å². The molecule has 0 aromatic rings. The molecule has 148 valence electrons. The molecule has 1 heterocycles. The van der Waals surface area contributed by atoms with Gasteiger partial charge in [0, 0.05) is 12.8 Å². The van der Waals surface area contributed by atoms with E-state index in [1.54, 1.807) is 6.92 Å². The van der Waals surface area contributed by atoms with Crippen molar-refractivity contribution in [2.24, 2.45) is 40.2 Å². The van der Waals surface area contributed by atoms with Gasteiger partial charge < -0.3 is 27.4 Å². The fourth-order valence-corrected chi connectivity index (χ4v) is 4.20. The predicted molar refractivity (Wildman–Crippen MR) is 99.8 cm³/mol. The lowest BCUT2D eigenvalue weighted by molar-refractivity contribution is -0.153. The summed E-state index contributed by atoms with van der Waals surface area (Å²) in [6, 6.07) is -0.262. The number of carbonyl (C=O) groups is 2. The first kappa shape index (κ1) is 20.5. The molecule has 1 amide bonds. The molecular weight excluding hydrogens is 334 g/mol. The van der Waals surface area contributed by atoms with Crippen molar-refractivity contribution in [2.45, 2.75) is 70.4 Å². The zero-order valence-corrected chi connectivity index (χ0v) is 15.7. The fourth-order valence-electron chi connectivity index (χ4n) is 4.20. The molecule has 5 unspecified atom stereocenters. The second-order valence-electron chi connectivity index (χ2n) is 7.81. The fraction of sp³-hybridized carbons (Fsp3) is 0.833. The van der Waals surface area contributed by atoms with Crippen LogP contribution in [0.5, 0.6) is 0 Å². The summed E-state index contributed by atoms with van der Waals surface area (Å²) in [5.74, 6) is 6.88. The van der Waals surface area contributed by atoms with E-state index < -0.39 is 0 Å². The number of primary amides is 1. The number of fused-ring (bicyclic) bond motifs is 1. The Morgan fingerprint density at radius 3 is 2.65 bits per heavy atom. The smallest absolute Gasteiger partial charge is 0.323 e. The molecule has 2 rings (SSSR count). The predicted octanol–water partition coefficient (Wildman–Crippen LogP) is 0.589. The number of nitrogens with one attached hydrogen (secondary N) is 1. The summed E-state index contributed by atoms with van der Waals surface area (Å²) >= 11 is 0. The van der Waals surface area contributed by atoms with Crippen LogP contribution in [-0.2, 0) is 14.3 Å². The Morgan fingerprint density at radius 2 is 1.96 bits per heavy atom. The maximum atomic E-state index is 12.4. The van der Waals surface area contributed by atoms with E-state index in [2.05, 4.69) is 10.4 Å². The minimum atomic E-state index is -0.375. The van der Waals surface area contributed by atoms with Gasteiger partial charge in [-0.1, -0.05) is 6.42 Å². The molecule has 0 radical (unpaired) electrons. The van der Waals surface area contributed by atoms with Gasteiger partial charge >= 0.3 is 5.97 Å². The van der Waals surface area contributed by atoms with Crippen LogP contribution in [0.3, 0.4) is 0 Å². The molecule has 1 aliphatic heterocycles. The first-order chi connectivity index (χ1) is 12.4. The number of carbonyl (C=O) groups excluding carboxylic acids is 2. The van der Waals surface area contributed by atoms with Crippen LogP contribution < -0.4 is 22.6 Å². The number of amidine groups is 1. The Hall–Kier alpha value is -1.83. The lowest BCUT2D eigenvalue weighted by Gasteiger charge is -2.42. The van der Waals surface area contributed by atoms with Crippen molar-refractivity contribution >= 4 is 17.7 Å². The Kier molecular flexibility index (Phi) is 7.68. The summed E-state index contributed by atoms with van der Waals surface area (Å²) in [6.45, 7) is 2.66. The van der Waals surface area contributed by atoms with Crippen molar-refractivity contribution in [1.82, 2.24) is 5.32 Å². The molecule has 0 spiro atoms. The van der Waals surface area contributed by atoms with Crippen LogP contribution in [0.2, 0.25) is 0 Å². The van der Waals surface area contributed by atoms with Gasteiger partial charge in [-0.2, -0.15) is 5.10 Å². The van der Waals surface area contributed by atoms with Crippen LogP contribution in [0, 0.1) is 17.8 Å². The standard InChI is InChI=1S/C18H33N5O3/c1-11(2-7-17(20)24)26-18(25)15-9-14-8-12(4-6-16(19)23-21)3-5-13(14)10-22-15/h11-15,22H,2-10,21H2,1H3,(H2,19,23)(H2,20,24). The highest BCUT2D eigenvalue weighted by atomic mass is 16.5. The summed E-state index contributed by atoms with van der Waals surface area (Å²) in [7, 11) is 0. The summed E-state index contributed by atoms with van der Waals surface area (Å²) in [6.07, 6.45) is 6.43. The molecule has 0 aromatic heterocycles. The van der Waals surface area contributed by atoms with Crippen LogP contribution in [0.25, 0.3) is 0 Å². The third-order valence-corrected chi connectivity index (χ3v) is 5.79. The zero-order valence-electron chi connectivity index (χ0n) is 15.7. The molecule has 0 aromatic carbocycles. The highest BCUT2D eigenvalue weighted by molar-refractivity contribution is 5.79. The van der Waals surface area contributed by atoms with Gasteiger partial charge in [-0.3, -0.25) is 9.59 Å². The molecule has 7 N–H and O–H groups in total. The van der Waals surface area contributed by atoms with E-state index in [0.29, 0.717) is 30.0 Å². The number of amides is 1. The van der Waals surface area contributed by atoms with Crippen LogP contribution in [0.4, 0.5) is 0 Å². The Morgan fingerprint density at radius 1 is 1.19 bits per heavy atom. The van der Waals surface area contributed by atoms with Gasteiger partial charge in [-0.15, -0.1) is 0 Å². The summed E-state index contributed by atoms with van der Waals surface area (Å²) in [5, 5.41) is 6.88. The quantitative estimate of drug-likeness (QED) is 0.162. The average molecular weight is 367 g/mol. The summed E-state index contributed by atoms with van der Waals surface area (Å²) in [4.78, 5) is 23.3. The number of rotatable bonds is 8. The third kappa shape index (κ3) is 6.16. The molecule has 0 bridgehead atoms. The van der Waals surface area contributed by atoms with Crippen molar-refractivity contribution in [3.05, 3.63) is 0 Å². The molecule has 2 fully saturated rings. The number of ether oxygens (including phenoxy) is 1. The second kappa shape index (κ2) is 9.75. The number of hydrazone groups is 1. The van der Waals surface area contributed by atoms with E-state index in [0.717, 1.165) is 32.2 Å². The Bertz CT molecular complexity index is 525.